The van der Waals surface area contributed by atoms with Crippen LogP contribution in [0.5, 0.6) is 0 Å². The molecule has 0 bridgehead atoms. The molecule has 1 aromatic carbocycles. The van der Waals surface area contributed by atoms with Crippen molar-refractivity contribution in [2.75, 3.05) is 37.0 Å². The van der Waals surface area contributed by atoms with E-state index in [0.29, 0.717) is 29.6 Å². The Kier molecular flexibility index (Phi) is 9.11. The monoisotopic (exact) mass is 587 g/mol. The first-order valence-electron chi connectivity index (χ1n) is 16.2. The zero-order valence-corrected chi connectivity index (χ0v) is 25.6. The van der Waals surface area contributed by atoms with Crippen molar-refractivity contribution in [2.24, 2.45) is 0 Å². The molecule has 0 radical (unpaired) electrons. The Hall–Kier alpha value is -3.66. The van der Waals surface area contributed by atoms with Gasteiger partial charge in [0.05, 0.1) is 11.8 Å². The van der Waals surface area contributed by atoms with E-state index in [0.717, 1.165) is 81.6 Å². The third kappa shape index (κ3) is 6.79. The molecule has 2 saturated heterocycles. The summed E-state index contributed by atoms with van der Waals surface area (Å²) in [6.07, 6.45) is 12.5. The molecule has 3 amide bonds. The number of anilines is 2. The van der Waals surface area contributed by atoms with Crippen LogP contribution in [0.1, 0.15) is 88.0 Å². The molecule has 3 aliphatic rings. The lowest BCUT2D eigenvalue weighted by atomic mass is 9.94. The summed E-state index contributed by atoms with van der Waals surface area (Å²) in [5, 5.41) is 10.8. The van der Waals surface area contributed by atoms with Crippen molar-refractivity contribution < 1.29 is 14.3 Å². The number of likely N-dealkylation sites (tertiary alicyclic amines) is 1. The second kappa shape index (κ2) is 13.3. The van der Waals surface area contributed by atoms with Crippen LogP contribution < -0.4 is 15.5 Å². The van der Waals surface area contributed by atoms with Gasteiger partial charge in [0.25, 0.3) is 5.91 Å². The number of nitrogens with one attached hydrogen (secondary N) is 2. The Morgan fingerprint density at radius 1 is 0.977 bits per heavy atom. The first-order chi connectivity index (χ1) is 21.0. The van der Waals surface area contributed by atoms with Gasteiger partial charge in [-0.05, 0) is 57.6 Å². The van der Waals surface area contributed by atoms with Crippen LogP contribution in [0.3, 0.4) is 0 Å². The average molecular weight is 588 g/mol. The van der Waals surface area contributed by atoms with Gasteiger partial charge in [0.15, 0.2) is 5.65 Å². The number of fused-ring (bicyclic) bond motifs is 1. The van der Waals surface area contributed by atoms with Crippen molar-refractivity contribution in [1.29, 1.82) is 0 Å². The number of carbonyl (C=O) groups is 2. The van der Waals surface area contributed by atoms with Crippen molar-refractivity contribution in [3.8, 4) is 11.3 Å². The smallest absolute Gasteiger partial charge is 0.319 e. The summed E-state index contributed by atoms with van der Waals surface area (Å²) in [4.78, 5) is 35.4. The Balaban J connectivity index is 1.26. The van der Waals surface area contributed by atoms with E-state index >= 15 is 0 Å². The molecule has 6 rings (SSSR count). The SMILES string of the molecule is CC1CCCCCN1C(=O)c1cc(N(C)C2CCCCC2)n2nc(-c3ccc(NC(=O)NCC4CCCO4)cc3)cc2n1. The molecule has 2 N–H and O–H groups in total. The van der Waals surface area contributed by atoms with E-state index in [1.54, 1.807) is 0 Å². The molecule has 2 aromatic heterocycles. The quantitative estimate of drug-likeness (QED) is 0.358. The highest BCUT2D eigenvalue weighted by Crippen LogP contribution is 2.30. The maximum atomic E-state index is 13.8. The van der Waals surface area contributed by atoms with Gasteiger partial charge in [-0.2, -0.15) is 9.61 Å². The molecule has 1 aliphatic carbocycles. The maximum Gasteiger partial charge on any atom is 0.319 e. The van der Waals surface area contributed by atoms with Gasteiger partial charge in [0, 0.05) is 62.2 Å². The van der Waals surface area contributed by atoms with Crippen LogP contribution in [0, 0.1) is 0 Å². The van der Waals surface area contributed by atoms with Crippen molar-refractivity contribution in [1.82, 2.24) is 24.8 Å². The molecule has 2 atom stereocenters. The average Bonchev–Trinajstić information content (AvgIpc) is 3.67. The second-order valence-electron chi connectivity index (χ2n) is 12.4. The zero-order valence-electron chi connectivity index (χ0n) is 25.6. The summed E-state index contributed by atoms with van der Waals surface area (Å²) in [6, 6.07) is 11.9. The summed E-state index contributed by atoms with van der Waals surface area (Å²) in [5.74, 6) is 0.904. The number of carbonyl (C=O) groups excluding carboxylic acids is 2. The van der Waals surface area contributed by atoms with E-state index in [1.807, 2.05) is 45.8 Å². The van der Waals surface area contributed by atoms with Crippen LogP contribution in [0.25, 0.3) is 16.9 Å². The number of ether oxygens (including phenoxy) is 1. The van der Waals surface area contributed by atoms with Crippen molar-refractivity contribution >= 4 is 29.1 Å². The number of urea groups is 1. The minimum absolute atomic E-state index is 0.00569. The van der Waals surface area contributed by atoms with Crippen molar-refractivity contribution in [3.05, 3.63) is 42.1 Å². The minimum Gasteiger partial charge on any atom is -0.376 e. The predicted molar refractivity (Wildman–Crippen MR) is 169 cm³/mol. The largest absolute Gasteiger partial charge is 0.376 e. The molecular formula is C33H45N7O3. The topological polar surface area (TPSA) is 104 Å². The number of hydrogen-bond acceptors (Lipinski definition) is 6. The summed E-state index contributed by atoms with van der Waals surface area (Å²) >= 11 is 0. The van der Waals surface area contributed by atoms with Gasteiger partial charge >= 0.3 is 6.03 Å². The summed E-state index contributed by atoms with van der Waals surface area (Å²) in [5.41, 5.74) is 3.53. The lowest BCUT2D eigenvalue weighted by molar-refractivity contribution is 0.0692. The maximum absolute atomic E-state index is 13.8. The van der Waals surface area contributed by atoms with Crippen molar-refractivity contribution in [3.63, 3.8) is 0 Å². The molecule has 2 unspecified atom stereocenters. The molecule has 2 aliphatic heterocycles. The van der Waals surface area contributed by atoms with Crippen LogP contribution in [-0.2, 0) is 4.74 Å². The highest BCUT2D eigenvalue weighted by Gasteiger charge is 2.28. The van der Waals surface area contributed by atoms with Crippen LogP contribution in [0.4, 0.5) is 16.3 Å². The predicted octanol–water partition coefficient (Wildman–Crippen LogP) is 5.87. The van der Waals surface area contributed by atoms with E-state index in [-0.39, 0.29) is 24.1 Å². The first kappa shape index (κ1) is 29.4. The fourth-order valence-corrected chi connectivity index (χ4v) is 6.75. The van der Waals surface area contributed by atoms with Gasteiger partial charge in [-0.3, -0.25) is 4.79 Å². The fourth-order valence-electron chi connectivity index (χ4n) is 6.75. The number of rotatable bonds is 7. The molecule has 3 fully saturated rings. The number of nitrogens with zero attached hydrogens (tertiary/aromatic N) is 5. The van der Waals surface area contributed by atoms with E-state index in [4.69, 9.17) is 14.8 Å². The molecule has 3 aromatic rings. The molecule has 10 nitrogen and oxygen atoms in total. The number of amides is 3. The van der Waals surface area contributed by atoms with Crippen molar-refractivity contribution in [2.45, 2.75) is 95.7 Å². The van der Waals surface area contributed by atoms with Gasteiger partial charge in [-0.1, -0.05) is 44.2 Å². The van der Waals surface area contributed by atoms with E-state index < -0.39 is 0 Å². The molecule has 4 heterocycles. The van der Waals surface area contributed by atoms with Gasteiger partial charge in [0.1, 0.15) is 11.5 Å². The number of hydrogen-bond donors (Lipinski definition) is 2. The molecule has 1 saturated carbocycles. The lowest BCUT2D eigenvalue weighted by Gasteiger charge is -2.33. The first-order valence-corrected chi connectivity index (χ1v) is 16.2. The van der Waals surface area contributed by atoms with Crippen LogP contribution in [0.2, 0.25) is 0 Å². The van der Waals surface area contributed by atoms with Gasteiger partial charge in [-0.15, -0.1) is 0 Å². The standard InChI is InChI=1S/C33H45N7O3/c1-23-10-5-4-8-18-39(23)32(41)29-21-31(38(2)26-11-6-3-7-12-26)40-30(36-29)20-28(37-40)24-14-16-25(17-15-24)35-33(42)34-22-27-13-9-19-43-27/h14-17,20-21,23,26-27H,3-13,18-19,22H2,1-2H3,(H2,34,35,42). The Morgan fingerprint density at radius 3 is 2.51 bits per heavy atom. The highest BCUT2D eigenvalue weighted by atomic mass is 16.5. The van der Waals surface area contributed by atoms with E-state index in [1.165, 1.54) is 19.3 Å². The molecule has 0 spiro atoms. The summed E-state index contributed by atoms with van der Waals surface area (Å²) in [7, 11) is 2.12. The Labute approximate surface area is 254 Å². The number of benzene rings is 1. The van der Waals surface area contributed by atoms with Gasteiger partial charge in [-0.25, -0.2) is 9.78 Å². The Morgan fingerprint density at radius 2 is 1.74 bits per heavy atom. The lowest BCUT2D eigenvalue weighted by Crippen LogP contribution is -2.39. The third-order valence-corrected chi connectivity index (χ3v) is 9.38. The van der Waals surface area contributed by atoms with Crippen LogP contribution >= 0.6 is 0 Å². The number of aromatic nitrogens is 3. The molecular weight excluding hydrogens is 542 g/mol. The fraction of sp³-hybridized carbons (Fsp3) is 0.576. The van der Waals surface area contributed by atoms with Crippen LogP contribution in [-0.4, -0.2) is 76.4 Å². The normalized spacial score (nSPS) is 21.5. The minimum atomic E-state index is -0.244. The molecule has 230 valence electrons. The van der Waals surface area contributed by atoms with E-state index in [2.05, 4.69) is 29.5 Å². The Bertz CT molecular complexity index is 1410. The van der Waals surface area contributed by atoms with Gasteiger partial charge in [0.2, 0.25) is 0 Å². The second-order valence-corrected chi connectivity index (χ2v) is 12.4. The zero-order chi connectivity index (χ0) is 29.8. The summed E-state index contributed by atoms with van der Waals surface area (Å²) < 4.78 is 7.47. The molecule has 10 heteroatoms. The van der Waals surface area contributed by atoms with Crippen LogP contribution in [0.15, 0.2) is 36.4 Å². The summed E-state index contributed by atoms with van der Waals surface area (Å²) in [6.45, 7) is 4.20. The highest BCUT2D eigenvalue weighted by molar-refractivity contribution is 5.94. The van der Waals surface area contributed by atoms with E-state index in [9.17, 15) is 9.59 Å². The molecule has 43 heavy (non-hydrogen) atoms. The third-order valence-electron chi connectivity index (χ3n) is 9.38. The van der Waals surface area contributed by atoms with Gasteiger partial charge < -0.3 is 25.2 Å².